The molecule has 0 spiro atoms. The Bertz CT molecular complexity index is 490. The van der Waals surface area contributed by atoms with Gasteiger partial charge in [-0.2, -0.15) is 0 Å². The number of unbranched alkanes of at least 4 members (excludes halogenated alkanes) is 3. The molecule has 0 heterocycles. The molecule has 0 bridgehead atoms. The molecule has 140 valence electrons. The molecule has 0 aromatic heterocycles. The largest absolute Gasteiger partial charge is 0.469 e. The number of ether oxygens (including phenoxy) is 1. The number of hydrogen-bond donors (Lipinski definition) is 0. The quantitative estimate of drug-likeness (QED) is 0.278. The van der Waals surface area contributed by atoms with E-state index in [-0.39, 0.29) is 23.6 Å². The van der Waals surface area contributed by atoms with Crippen LogP contribution in [0.4, 0.5) is 0 Å². The van der Waals surface area contributed by atoms with Gasteiger partial charge in [0.25, 0.3) is 0 Å². The number of Topliss-reactive ketones (excluding diaryl/α,β-unsaturated/α-hetero) is 1. The van der Waals surface area contributed by atoms with E-state index in [1.807, 2.05) is 18.2 Å². The molecule has 0 saturated heterocycles. The van der Waals surface area contributed by atoms with Crippen molar-refractivity contribution in [2.24, 2.45) is 11.8 Å². The Labute approximate surface area is 151 Å². The summed E-state index contributed by atoms with van der Waals surface area (Å²) in [6.07, 6.45) is 15.6. The van der Waals surface area contributed by atoms with E-state index in [1.165, 1.54) is 7.11 Å². The van der Waals surface area contributed by atoms with E-state index in [2.05, 4.69) is 11.7 Å². The summed E-state index contributed by atoms with van der Waals surface area (Å²) in [4.78, 5) is 35.0. The van der Waals surface area contributed by atoms with E-state index in [4.69, 9.17) is 0 Å². The highest BCUT2D eigenvalue weighted by molar-refractivity contribution is 5.94. The summed E-state index contributed by atoms with van der Waals surface area (Å²) < 4.78 is 4.60. The fourth-order valence-corrected chi connectivity index (χ4v) is 3.13. The fourth-order valence-electron chi connectivity index (χ4n) is 3.13. The Morgan fingerprint density at radius 3 is 2.64 bits per heavy atom. The lowest BCUT2D eigenvalue weighted by Gasteiger charge is -2.16. The first-order valence-electron chi connectivity index (χ1n) is 9.54. The van der Waals surface area contributed by atoms with Crippen molar-refractivity contribution in [3.63, 3.8) is 0 Å². The number of methoxy groups -OCH3 is 1. The summed E-state index contributed by atoms with van der Waals surface area (Å²) in [6, 6.07) is 0. The van der Waals surface area contributed by atoms with E-state index in [0.717, 1.165) is 38.5 Å². The predicted molar refractivity (Wildman–Crippen MR) is 99.1 cm³/mol. The normalized spacial score (nSPS) is 19.7. The van der Waals surface area contributed by atoms with Crippen molar-refractivity contribution in [3.8, 4) is 0 Å². The third-order valence-electron chi connectivity index (χ3n) is 4.74. The molecule has 0 aromatic rings. The van der Waals surface area contributed by atoms with Crippen molar-refractivity contribution < 1.29 is 19.1 Å². The highest BCUT2D eigenvalue weighted by Gasteiger charge is 2.28. The maximum Gasteiger partial charge on any atom is 0.305 e. The Kier molecular flexibility index (Phi) is 10.8. The van der Waals surface area contributed by atoms with Gasteiger partial charge in [0.2, 0.25) is 0 Å². The van der Waals surface area contributed by atoms with Crippen LogP contribution >= 0.6 is 0 Å². The maximum absolute atomic E-state index is 12.0. The number of carbonyl (C=O) groups is 3. The zero-order valence-corrected chi connectivity index (χ0v) is 15.7. The van der Waals surface area contributed by atoms with Gasteiger partial charge in [-0.25, -0.2) is 0 Å². The van der Waals surface area contributed by atoms with Crippen LogP contribution in [0, 0.1) is 11.8 Å². The highest BCUT2D eigenvalue weighted by atomic mass is 16.5. The molecule has 1 rings (SSSR count). The smallest absolute Gasteiger partial charge is 0.305 e. The number of allylic oxidation sites excluding steroid dienone is 4. The van der Waals surface area contributed by atoms with Gasteiger partial charge < -0.3 is 4.74 Å². The summed E-state index contributed by atoms with van der Waals surface area (Å²) in [7, 11) is 1.39. The van der Waals surface area contributed by atoms with Gasteiger partial charge in [-0.05, 0) is 44.1 Å². The Balaban J connectivity index is 2.28. The Morgan fingerprint density at radius 1 is 1.12 bits per heavy atom. The van der Waals surface area contributed by atoms with Gasteiger partial charge in [0, 0.05) is 25.2 Å². The third-order valence-corrected chi connectivity index (χ3v) is 4.74. The van der Waals surface area contributed by atoms with Crippen LogP contribution < -0.4 is 0 Å². The zero-order chi connectivity index (χ0) is 18.5. The van der Waals surface area contributed by atoms with Crippen molar-refractivity contribution in [2.75, 3.05) is 7.11 Å². The van der Waals surface area contributed by atoms with Crippen LogP contribution in [0.3, 0.4) is 0 Å². The number of carbonyl (C=O) groups excluding carboxylic acids is 3. The van der Waals surface area contributed by atoms with Crippen LogP contribution in [0.5, 0.6) is 0 Å². The van der Waals surface area contributed by atoms with Gasteiger partial charge in [-0.15, -0.1) is 0 Å². The predicted octanol–water partition coefficient (Wildman–Crippen LogP) is 4.58. The van der Waals surface area contributed by atoms with Crippen LogP contribution in [-0.4, -0.2) is 24.6 Å². The lowest BCUT2D eigenvalue weighted by Crippen LogP contribution is -2.16. The van der Waals surface area contributed by atoms with E-state index in [9.17, 15) is 14.4 Å². The molecule has 0 unspecified atom stereocenters. The molecule has 1 aliphatic rings. The molecule has 4 nitrogen and oxygen atoms in total. The summed E-state index contributed by atoms with van der Waals surface area (Å²) >= 11 is 0. The fraction of sp³-hybridized carbons (Fsp3) is 0.667. The lowest BCUT2D eigenvalue weighted by atomic mass is 9.87. The minimum atomic E-state index is -0.188. The summed E-state index contributed by atoms with van der Waals surface area (Å²) in [5, 5.41) is 0. The Hall–Kier alpha value is -1.71. The van der Waals surface area contributed by atoms with Gasteiger partial charge in [0.05, 0.1) is 7.11 Å². The molecule has 25 heavy (non-hydrogen) atoms. The van der Waals surface area contributed by atoms with Crippen molar-refractivity contribution in [2.45, 2.75) is 71.1 Å². The lowest BCUT2D eigenvalue weighted by molar-refractivity contribution is -0.140. The van der Waals surface area contributed by atoms with Crippen molar-refractivity contribution >= 4 is 17.5 Å². The molecule has 0 saturated carbocycles. The molecule has 4 heteroatoms. The van der Waals surface area contributed by atoms with Gasteiger partial charge >= 0.3 is 5.97 Å². The monoisotopic (exact) mass is 348 g/mol. The molecule has 0 amide bonds. The first kappa shape index (κ1) is 21.3. The van der Waals surface area contributed by atoms with Crippen LogP contribution in [0.1, 0.15) is 71.1 Å². The average molecular weight is 348 g/mol. The molecular formula is C21H32O4. The maximum atomic E-state index is 12.0. The molecule has 1 aliphatic carbocycles. The van der Waals surface area contributed by atoms with Gasteiger partial charge in [0.1, 0.15) is 5.78 Å². The molecule has 0 aromatic carbocycles. The number of esters is 1. The summed E-state index contributed by atoms with van der Waals surface area (Å²) in [5.74, 6) is 0.454. The van der Waals surface area contributed by atoms with E-state index < -0.39 is 0 Å². The minimum Gasteiger partial charge on any atom is -0.469 e. The zero-order valence-electron chi connectivity index (χ0n) is 15.7. The van der Waals surface area contributed by atoms with Gasteiger partial charge in [-0.3, -0.25) is 14.4 Å². The molecule has 0 N–H and O–H groups in total. The first-order valence-corrected chi connectivity index (χ1v) is 9.54. The van der Waals surface area contributed by atoms with E-state index in [1.54, 1.807) is 6.08 Å². The van der Waals surface area contributed by atoms with Gasteiger partial charge in [0.15, 0.2) is 5.78 Å². The van der Waals surface area contributed by atoms with Crippen LogP contribution in [0.15, 0.2) is 24.3 Å². The van der Waals surface area contributed by atoms with Crippen LogP contribution in [-0.2, 0) is 19.1 Å². The van der Waals surface area contributed by atoms with Crippen LogP contribution in [0.25, 0.3) is 0 Å². The second-order valence-electron chi connectivity index (χ2n) is 6.74. The minimum absolute atomic E-state index is 0.0275. The van der Waals surface area contributed by atoms with Crippen molar-refractivity contribution in [3.05, 3.63) is 24.3 Å². The van der Waals surface area contributed by atoms with Gasteiger partial charge in [-0.1, -0.05) is 38.0 Å². The summed E-state index contributed by atoms with van der Waals surface area (Å²) in [6.45, 7) is 2.13. The molecule has 0 radical (unpaired) electrons. The Morgan fingerprint density at radius 2 is 1.92 bits per heavy atom. The van der Waals surface area contributed by atoms with E-state index in [0.29, 0.717) is 31.5 Å². The van der Waals surface area contributed by atoms with E-state index >= 15 is 0 Å². The molecule has 0 aliphatic heterocycles. The number of rotatable bonds is 13. The summed E-state index contributed by atoms with van der Waals surface area (Å²) in [5.41, 5.74) is 0. The molecule has 0 fully saturated rings. The average Bonchev–Trinajstić information content (AvgIpc) is 2.96. The second kappa shape index (κ2) is 12.6. The molecular weight excluding hydrogens is 316 g/mol. The number of ketones is 2. The van der Waals surface area contributed by atoms with Crippen molar-refractivity contribution in [1.82, 2.24) is 0 Å². The highest BCUT2D eigenvalue weighted by Crippen LogP contribution is 2.30. The first-order chi connectivity index (χ1) is 12.1. The number of hydrogen-bond acceptors (Lipinski definition) is 4. The van der Waals surface area contributed by atoms with Crippen molar-refractivity contribution in [1.29, 1.82) is 0 Å². The molecule has 2 atom stereocenters. The van der Waals surface area contributed by atoms with Crippen LogP contribution in [0.2, 0.25) is 0 Å². The topological polar surface area (TPSA) is 60.4 Å². The second-order valence-corrected chi connectivity index (χ2v) is 6.74. The third kappa shape index (κ3) is 8.80. The SMILES string of the molecule is CCCCCC(=O)CC[C@H]1C=CC(=O)[C@@H]1CC=CCCCC(=O)OC. The standard InChI is InChI=1S/C21H32O4/c1-3-4-7-10-18(22)15-13-17-14-16-20(23)19(17)11-8-5-6-9-12-21(24)25-2/h5,8,14,16-17,19H,3-4,6-7,9-13,15H2,1-2H3/t17-,19+/m0/s1.